The van der Waals surface area contributed by atoms with E-state index >= 15 is 0 Å². The molecule has 0 bridgehead atoms. The van der Waals surface area contributed by atoms with Crippen molar-refractivity contribution in [3.63, 3.8) is 0 Å². The minimum atomic E-state index is -0.379. The lowest BCUT2D eigenvalue weighted by atomic mass is 10.1. The Bertz CT molecular complexity index is 864. The van der Waals surface area contributed by atoms with E-state index in [9.17, 15) is 9.59 Å². The van der Waals surface area contributed by atoms with Crippen LogP contribution in [0.1, 0.15) is 11.1 Å². The molecule has 0 radical (unpaired) electrons. The Hall–Kier alpha value is -3.34. The maximum absolute atomic E-state index is 12.3. The third-order valence-corrected chi connectivity index (χ3v) is 3.65. The van der Waals surface area contributed by atoms with Gasteiger partial charge in [-0.2, -0.15) is 0 Å². The van der Waals surface area contributed by atoms with Crippen LogP contribution in [0.4, 0.5) is 0 Å². The van der Waals surface area contributed by atoms with Gasteiger partial charge in [0.1, 0.15) is 5.75 Å². The predicted molar refractivity (Wildman–Crippen MR) is 93.6 cm³/mol. The summed E-state index contributed by atoms with van der Waals surface area (Å²) in [7, 11) is 1.56. The number of ether oxygens (including phenoxy) is 3. The quantitative estimate of drug-likeness (QED) is 0.351. The van der Waals surface area contributed by atoms with Gasteiger partial charge in [0.2, 0.25) is 6.79 Å². The van der Waals surface area contributed by atoms with Gasteiger partial charge in [0.15, 0.2) is 23.6 Å². The van der Waals surface area contributed by atoms with E-state index in [4.69, 9.17) is 14.2 Å². The van der Waals surface area contributed by atoms with E-state index in [0.717, 1.165) is 5.56 Å². The summed E-state index contributed by atoms with van der Waals surface area (Å²) in [6.45, 7) is 0.194. The molecule has 0 atom stereocenters. The first-order valence-electron chi connectivity index (χ1n) is 7.62. The minimum absolute atomic E-state index is 0.0604. The van der Waals surface area contributed by atoms with Gasteiger partial charge in [-0.15, -0.1) is 0 Å². The monoisotopic (exact) mass is 336 g/mol. The van der Waals surface area contributed by atoms with Crippen molar-refractivity contribution in [1.82, 2.24) is 0 Å². The fraction of sp³-hybridized carbons (Fsp3) is 0.100. The zero-order valence-electron chi connectivity index (χ0n) is 13.6. The van der Waals surface area contributed by atoms with E-state index in [1.54, 1.807) is 49.6 Å². The normalized spacial score (nSPS) is 13.1. The number of aldehydes is 1. The molecule has 2 aromatic carbocycles. The third kappa shape index (κ3) is 3.95. The highest BCUT2D eigenvalue weighted by molar-refractivity contribution is 6.21. The number of ketones is 1. The number of hydrogen-bond acceptors (Lipinski definition) is 5. The summed E-state index contributed by atoms with van der Waals surface area (Å²) in [5.41, 5.74) is 1.56. The van der Waals surface area contributed by atoms with Crippen LogP contribution in [0.5, 0.6) is 17.2 Å². The zero-order valence-corrected chi connectivity index (χ0v) is 13.6. The molecule has 0 unspecified atom stereocenters. The van der Waals surface area contributed by atoms with Crippen LogP contribution in [0.15, 0.2) is 54.1 Å². The Morgan fingerprint density at radius 3 is 2.72 bits per heavy atom. The highest BCUT2D eigenvalue weighted by atomic mass is 16.7. The zero-order chi connectivity index (χ0) is 17.6. The molecular formula is C20H16O5. The van der Waals surface area contributed by atoms with Crippen LogP contribution in [-0.2, 0) is 9.59 Å². The van der Waals surface area contributed by atoms with E-state index in [0.29, 0.717) is 29.1 Å². The predicted octanol–water partition coefficient (Wildman–Crippen LogP) is 3.29. The molecular weight excluding hydrogens is 320 g/mol. The number of hydrogen-bond donors (Lipinski definition) is 0. The first-order valence-corrected chi connectivity index (χ1v) is 7.62. The van der Waals surface area contributed by atoms with Gasteiger partial charge in [-0.05, 0) is 47.5 Å². The van der Waals surface area contributed by atoms with Gasteiger partial charge in [-0.25, -0.2) is 0 Å². The lowest BCUT2D eigenvalue weighted by molar-refractivity contribution is -0.113. The molecule has 1 heterocycles. The standard InChI is InChI=1S/C20H16O5/c1-23-17-4-2-3-15(10-17)9-16(12-21)18(22)7-5-14-6-8-19-20(11-14)25-13-24-19/h2-12H,13H2,1H3. The van der Waals surface area contributed by atoms with Crippen molar-refractivity contribution < 1.29 is 23.8 Å². The second-order valence-electron chi connectivity index (χ2n) is 5.30. The molecule has 0 saturated heterocycles. The van der Waals surface area contributed by atoms with Gasteiger partial charge in [0.25, 0.3) is 0 Å². The number of benzene rings is 2. The molecule has 3 rings (SSSR count). The van der Waals surface area contributed by atoms with Crippen molar-refractivity contribution in [2.45, 2.75) is 0 Å². The first kappa shape index (κ1) is 16.5. The fourth-order valence-corrected chi connectivity index (χ4v) is 2.36. The molecule has 1 aliphatic heterocycles. The van der Waals surface area contributed by atoms with Crippen LogP contribution in [-0.4, -0.2) is 26.0 Å². The number of carbonyl (C=O) groups excluding carboxylic acids is 2. The highest BCUT2D eigenvalue weighted by Crippen LogP contribution is 2.32. The summed E-state index contributed by atoms with van der Waals surface area (Å²) in [6.07, 6.45) is 5.07. The van der Waals surface area contributed by atoms with Gasteiger partial charge in [0, 0.05) is 0 Å². The number of allylic oxidation sites excluding steroid dienone is 2. The SMILES string of the molecule is COc1cccc(C=C(C=O)C(=O)C=Cc2ccc3c(c2)OCO3)c1. The number of fused-ring (bicyclic) bond motifs is 1. The Balaban J connectivity index is 1.78. The molecule has 0 spiro atoms. The summed E-state index contributed by atoms with van der Waals surface area (Å²) < 4.78 is 15.7. The number of carbonyl (C=O) groups is 2. The van der Waals surface area contributed by atoms with Gasteiger partial charge in [-0.1, -0.05) is 24.3 Å². The van der Waals surface area contributed by atoms with Gasteiger partial charge < -0.3 is 14.2 Å². The molecule has 5 nitrogen and oxygen atoms in total. The van der Waals surface area contributed by atoms with Crippen LogP contribution in [0.3, 0.4) is 0 Å². The summed E-state index contributed by atoms with van der Waals surface area (Å²) in [6, 6.07) is 12.5. The molecule has 25 heavy (non-hydrogen) atoms. The first-order chi connectivity index (χ1) is 12.2. The van der Waals surface area contributed by atoms with Crippen molar-refractivity contribution in [3.05, 3.63) is 65.2 Å². The number of methoxy groups -OCH3 is 1. The van der Waals surface area contributed by atoms with Crippen LogP contribution in [0, 0.1) is 0 Å². The van der Waals surface area contributed by atoms with Crippen molar-refractivity contribution in [1.29, 1.82) is 0 Å². The average Bonchev–Trinajstić information content (AvgIpc) is 3.12. The Kier molecular flexibility index (Phi) is 4.95. The average molecular weight is 336 g/mol. The minimum Gasteiger partial charge on any atom is -0.497 e. The molecule has 0 fully saturated rings. The highest BCUT2D eigenvalue weighted by Gasteiger charge is 2.12. The molecule has 0 amide bonds. The van der Waals surface area contributed by atoms with E-state index in [2.05, 4.69) is 0 Å². The molecule has 126 valence electrons. The smallest absolute Gasteiger partial charge is 0.231 e. The molecule has 1 aliphatic rings. The van der Waals surface area contributed by atoms with Gasteiger partial charge >= 0.3 is 0 Å². The lowest BCUT2D eigenvalue weighted by Crippen LogP contribution is -1.99. The molecule has 2 aromatic rings. The topological polar surface area (TPSA) is 61.8 Å². The summed E-state index contributed by atoms with van der Waals surface area (Å²) in [5.74, 6) is 1.59. The van der Waals surface area contributed by atoms with Gasteiger partial charge in [0.05, 0.1) is 12.7 Å². The molecule has 0 N–H and O–H groups in total. The summed E-state index contributed by atoms with van der Waals surface area (Å²) in [4.78, 5) is 23.5. The van der Waals surface area contributed by atoms with Crippen molar-refractivity contribution in [3.8, 4) is 17.2 Å². The summed E-state index contributed by atoms with van der Waals surface area (Å²) >= 11 is 0. The second-order valence-corrected chi connectivity index (χ2v) is 5.30. The van der Waals surface area contributed by atoms with Crippen LogP contribution >= 0.6 is 0 Å². The van der Waals surface area contributed by atoms with E-state index in [-0.39, 0.29) is 18.1 Å². The molecule has 0 aromatic heterocycles. The molecule has 0 aliphatic carbocycles. The van der Waals surface area contributed by atoms with E-state index in [1.807, 2.05) is 6.07 Å². The third-order valence-electron chi connectivity index (χ3n) is 3.65. The van der Waals surface area contributed by atoms with Crippen molar-refractivity contribution in [2.24, 2.45) is 0 Å². The Labute approximate surface area is 145 Å². The number of rotatable bonds is 6. The van der Waals surface area contributed by atoms with Gasteiger partial charge in [-0.3, -0.25) is 9.59 Å². The largest absolute Gasteiger partial charge is 0.497 e. The maximum Gasteiger partial charge on any atom is 0.231 e. The van der Waals surface area contributed by atoms with E-state index in [1.165, 1.54) is 12.2 Å². The van der Waals surface area contributed by atoms with Crippen molar-refractivity contribution in [2.75, 3.05) is 13.9 Å². The second kappa shape index (κ2) is 7.49. The fourth-order valence-electron chi connectivity index (χ4n) is 2.36. The molecule has 5 heteroatoms. The lowest BCUT2D eigenvalue weighted by Gasteiger charge is -2.01. The molecule has 0 saturated carbocycles. The van der Waals surface area contributed by atoms with E-state index < -0.39 is 0 Å². The summed E-state index contributed by atoms with van der Waals surface area (Å²) in [5, 5.41) is 0. The van der Waals surface area contributed by atoms with Crippen LogP contribution < -0.4 is 14.2 Å². The maximum atomic E-state index is 12.3. The van der Waals surface area contributed by atoms with Crippen LogP contribution in [0.2, 0.25) is 0 Å². The Morgan fingerprint density at radius 2 is 1.92 bits per heavy atom. The Morgan fingerprint density at radius 1 is 1.08 bits per heavy atom. The van der Waals surface area contributed by atoms with Crippen LogP contribution in [0.25, 0.3) is 12.2 Å². The van der Waals surface area contributed by atoms with Crippen molar-refractivity contribution >= 4 is 24.2 Å².